The van der Waals surface area contributed by atoms with Crippen LogP contribution in [0.25, 0.3) is 22.2 Å². The number of likely N-dealkylation sites (N-methyl/N-ethyl adjacent to an activating group) is 1. The Balaban J connectivity index is 0.000000427. The van der Waals surface area contributed by atoms with Crippen molar-refractivity contribution >= 4 is 28.6 Å². The van der Waals surface area contributed by atoms with E-state index in [1.165, 1.54) is 0 Å². The molecule has 3 aromatic rings. The molecule has 2 N–H and O–H groups in total. The second-order valence-corrected chi connectivity index (χ2v) is 7.78. The van der Waals surface area contributed by atoms with Gasteiger partial charge in [0.25, 0.3) is 0 Å². The van der Waals surface area contributed by atoms with Crippen molar-refractivity contribution in [3.8, 4) is 11.3 Å². The van der Waals surface area contributed by atoms with Gasteiger partial charge in [0, 0.05) is 44.1 Å². The molecule has 4 rings (SSSR count). The molecule has 0 atom stereocenters. The average Bonchev–Trinajstić information content (AvgIpc) is 3.09. The van der Waals surface area contributed by atoms with E-state index < -0.39 is 11.9 Å². The smallest absolute Gasteiger partial charge is 0.414 e. The number of piperazine rings is 1. The minimum absolute atomic E-state index is 0.213. The first-order valence-electron chi connectivity index (χ1n) is 10.3. The molecule has 1 fully saturated rings. The van der Waals surface area contributed by atoms with Crippen LogP contribution in [0.5, 0.6) is 0 Å². The van der Waals surface area contributed by atoms with E-state index in [1.54, 1.807) is 0 Å². The predicted octanol–water partition coefficient (Wildman–Crippen LogP) is 2.43. The van der Waals surface area contributed by atoms with Crippen LogP contribution in [0.15, 0.2) is 54.6 Å². The number of nitrogens with zero attached hydrogens (tertiary/aromatic N) is 3. The molecule has 1 aliphatic rings. The minimum atomic E-state index is -1.82. The molecule has 8 nitrogen and oxygen atoms in total. The van der Waals surface area contributed by atoms with E-state index in [0.717, 1.165) is 53.9 Å². The van der Waals surface area contributed by atoms with Crippen molar-refractivity contribution in [2.24, 2.45) is 7.05 Å². The summed E-state index contributed by atoms with van der Waals surface area (Å²) in [6.07, 6.45) is 0. The number of hydrogen-bond acceptors (Lipinski definition) is 5. The summed E-state index contributed by atoms with van der Waals surface area (Å²) in [6.45, 7) is 4.44. The summed E-state index contributed by atoms with van der Waals surface area (Å²) in [5, 5.41) is 15.8. The molecule has 32 heavy (non-hydrogen) atoms. The first-order valence-corrected chi connectivity index (χ1v) is 10.3. The molecule has 168 valence electrons. The maximum Gasteiger partial charge on any atom is 0.414 e. The van der Waals surface area contributed by atoms with E-state index in [2.05, 4.69) is 52.7 Å². The Kier molecular flexibility index (Phi) is 7.40. The van der Waals surface area contributed by atoms with E-state index >= 15 is 0 Å². The van der Waals surface area contributed by atoms with Crippen LogP contribution in [0.4, 0.5) is 0 Å². The van der Waals surface area contributed by atoms with Crippen LogP contribution < -0.4 is 0 Å². The van der Waals surface area contributed by atoms with Gasteiger partial charge in [0.2, 0.25) is 0 Å². The van der Waals surface area contributed by atoms with Crippen LogP contribution in [0.2, 0.25) is 0 Å². The Bertz CT molecular complexity index is 1100. The van der Waals surface area contributed by atoms with Crippen molar-refractivity contribution < 1.29 is 24.6 Å². The molecule has 0 radical (unpaired) electrons. The van der Waals surface area contributed by atoms with E-state index in [9.17, 15) is 4.79 Å². The van der Waals surface area contributed by atoms with Crippen LogP contribution in [0, 0.1) is 0 Å². The third kappa shape index (κ3) is 5.22. The number of para-hydroxylation sites is 1. The largest absolute Gasteiger partial charge is 0.473 e. The van der Waals surface area contributed by atoms with Crippen molar-refractivity contribution in [1.82, 2.24) is 14.4 Å². The molecule has 0 amide bonds. The number of rotatable bonds is 4. The van der Waals surface area contributed by atoms with Gasteiger partial charge in [0.05, 0.1) is 17.8 Å². The highest BCUT2D eigenvalue weighted by atomic mass is 16.4. The molecule has 8 heteroatoms. The molecule has 2 heterocycles. The van der Waals surface area contributed by atoms with Crippen molar-refractivity contribution in [2.45, 2.75) is 0 Å². The Morgan fingerprint density at radius 3 is 1.97 bits per heavy atom. The van der Waals surface area contributed by atoms with Crippen LogP contribution >= 0.6 is 0 Å². The number of carbonyl (C=O) groups is 3. The summed E-state index contributed by atoms with van der Waals surface area (Å²) >= 11 is 0. The topological polar surface area (TPSA) is 103 Å². The van der Waals surface area contributed by atoms with Gasteiger partial charge in [-0.15, -0.1) is 0 Å². The zero-order valence-electron chi connectivity index (χ0n) is 18.2. The summed E-state index contributed by atoms with van der Waals surface area (Å²) in [6, 6.07) is 18.5. The van der Waals surface area contributed by atoms with Crippen LogP contribution in [0.3, 0.4) is 0 Å². The van der Waals surface area contributed by atoms with Crippen molar-refractivity contribution in [2.75, 3.05) is 39.8 Å². The van der Waals surface area contributed by atoms with Gasteiger partial charge < -0.3 is 19.7 Å². The summed E-state index contributed by atoms with van der Waals surface area (Å²) < 4.78 is 2.15. The van der Waals surface area contributed by atoms with Crippen molar-refractivity contribution in [3.05, 3.63) is 60.2 Å². The number of aliphatic carboxylic acids is 2. The number of ketones is 1. The number of Topliss-reactive ketones (excluding diaryl/α,β-unsaturated/α-hetero) is 1. The SMILES string of the molecule is CN1CCN(CC(=O)c2c(-c3ccccc3)n(C)c3ccccc23)CC1.O=C(O)C(=O)O. The Hall–Kier alpha value is -3.49. The van der Waals surface area contributed by atoms with Crippen LogP contribution in [-0.4, -0.2) is 82.1 Å². The molecule has 1 aliphatic heterocycles. The number of carboxylic acid groups (broad SMARTS) is 2. The van der Waals surface area contributed by atoms with E-state index in [1.807, 2.05) is 30.3 Å². The predicted molar refractivity (Wildman–Crippen MR) is 122 cm³/mol. The van der Waals surface area contributed by atoms with Gasteiger partial charge in [-0.1, -0.05) is 48.5 Å². The summed E-state index contributed by atoms with van der Waals surface area (Å²) in [5.41, 5.74) is 4.07. The van der Waals surface area contributed by atoms with Crippen LogP contribution in [0.1, 0.15) is 10.4 Å². The fourth-order valence-corrected chi connectivity index (χ4v) is 3.90. The first-order chi connectivity index (χ1) is 15.3. The van der Waals surface area contributed by atoms with Gasteiger partial charge in [-0.3, -0.25) is 9.69 Å². The van der Waals surface area contributed by atoms with E-state index in [4.69, 9.17) is 19.8 Å². The second-order valence-electron chi connectivity index (χ2n) is 7.78. The molecule has 2 aromatic carbocycles. The molecular formula is C24H27N3O5. The average molecular weight is 437 g/mol. The molecule has 0 spiro atoms. The lowest BCUT2D eigenvalue weighted by Crippen LogP contribution is -2.46. The summed E-state index contributed by atoms with van der Waals surface area (Å²) in [4.78, 5) is 36.1. The van der Waals surface area contributed by atoms with E-state index in [-0.39, 0.29) is 5.78 Å². The van der Waals surface area contributed by atoms with Gasteiger partial charge in [-0.2, -0.15) is 0 Å². The quantitative estimate of drug-likeness (QED) is 0.477. The second kappa shape index (κ2) is 10.2. The van der Waals surface area contributed by atoms with Gasteiger partial charge in [-0.05, 0) is 18.7 Å². The number of aromatic nitrogens is 1. The number of benzene rings is 2. The number of fused-ring (bicyclic) bond motifs is 1. The third-order valence-corrected chi connectivity index (χ3v) is 5.58. The van der Waals surface area contributed by atoms with Gasteiger partial charge in [-0.25, -0.2) is 9.59 Å². The fourth-order valence-electron chi connectivity index (χ4n) is 3.90. The zero-order chi connectivity index (χ0) is 23.3. The first kappa shape index (κ1) is 23.2. The maximum atomic E-state index is 13.3. The number of hydrogen-bond donors (Lipinski definition) is 2. The highest BCUT2D eigenvalue weighted by molar-refractivity contribution is 6.27. The maximum absolute atomic E-state index is 13.3. The Labute approximate surface area is 186 Å². The third-order valence-electron chi connectivity index (χ3n) is 5.58. The van der Waals surface area contributed by atoms with Gasteiger partial charge >= 0.3 is 11.9 Å². The number of aryl methyl sites for hydroxylation is 1. The molecule has 0 aliphatic carbocycles. The highest BCUT2D eigenvalue weighted by Gasteiger charge is 2.24. The van der Waals surface area contributed by atoms with Crippen molar-refractivity contribution in [1.29, 1.82) is 0 Å². The molecule has 1 aromatic heterocycles. The summed E-state index contributed by atoms with van der Waals surface area (Å²) in [5.74, 6) is -3.43. The zero-order valence-corrected chi connectivity index (χ0v) is 18.2. The summed E-state index contributed by atoms with van der Waals surface area (Å²) in [7, 11) is 4.19. The molecular weight excluding hydrogens is 410 g/mol. The lowest BCUT2D eigenvalue weighted by molar-refractivity contribution is -0.159. The monoisotopic (exact) mass is 437 g/mol. The van der Waals surface area contributed by atoms with E-state index in [0.29, 0.717) is 6.54 Å². The standard InChI is InChI=1S/C22H25N3O.C2H2O4/c1-23-12-14-25(15-13-23)16-20(26)21-18-10-6-7-11-19(18)24(2)22(21)17-8-4-3-5-9-17;3-1(4)2(5)6/h3-11H,12-16H2,1-2H3;(H,3,4)(H,5,6). The van der Waals surface area contributed by atoms with Gasteiger partial charge in [0.15, 0.2) is 5.78 Å². The molecule has 0 saturated carbocycles. The normalized spacial score (nSPS) is 14.6. The van der Waals surface area contributed by atoms with Gasteiger partial charge in [0.1, 0.15) is 0 Å². The Morgan fingerprint density at radius 1 is 0.812 bits per heavy atom. The molecule has 1 saturated heterocycles. The molecule has 0 unspecified atom stereocenters. The number of carboxylic acids is 2. The number of carbonyl (C=O) groups excluding carboxylic acids is 1. The highest BCUT2D eigenvalue weighted by Crippen LogP contribution is 2.33. The minimum Gasteiger partial charge on any atom is -0.473 e. The lowest BCUT2D eigenvalue weighted by atomic mass is 10.0. The van der Waals surface area contributed by atoms with Crippen LogP contribution in [-0.2, 0) is 16.6 Å². The Morgan fingerprint density at radius 2 is 1.38 bits per heavy atom. The fraction of sp³-hybridized carbons (Fsp3) is 0.292. The lowest BCUT2D eigenvalue weighted by Gasteiger charge is -2.31. The molecule has 0 bridgehead atoms. The van der Waals surface area contributed by atoms with Crippen molar-refractivity contribution in [3.63, 3.8) is 0 Å².